The van der Waals surface area contributed by atoms with Crippen LogP contribution in [0.3, 0.4) is 0 Å². The minimum Gasteiger partial charge on any atom is -0.495 e. The van der Waals surface area contributed by atoms with Crippen LogP contribution in [-0.2, 0) is 36.7 Å². The molecule has 5 heterocycles. The molecule has 1 aliphatic carbocycles. The summed E-state index contributed by atoms with van der Waals surface area (Å²) in [7, 11) is 3.15. The van der Waals surface area contributed by atoms with Gasteiger partial charge in [0.15, 0.2) is 5.60 Å². The van der Waals surface area contributed by atoms with Gasteiger partial charge in [-0.15, -0.1) is 0 Å². The third kappa shape index (κ3) is 2.16. The van der Waals surface area contributed by atoms with E-state index in [-0.39, 0.29) is 31.5 Å². The standard InChI is InChI=1S/C26H32O9/c1-13-15-10-31-20(27)17(15)19(29-5)14-9-16-21(2)7-8-25(30-6)34-23(4)12-32-24(28,26(21,23)35-25)11-22(16,3)33-18(13)14/h16,28H,7-12H2,1-6H3/t16-,21+,22-,23+,24+,25+,26+/m1/s1. The molecule has 0 unspecified atom stereocenters. The molecule has 9 nitrogen and oxygen atoms in total. The largest absolute Gasteiger partial charge is 0.495 e. The third-order valence-electron chi connectivity index (χ3n) is 10.1. The molecule has 1 aromatic rings. The van der Waals surface area contributed by atoms with Crippen LogP contribution in [0.4, 0.5) is 0 Å². The zero-order valence-corrected chi connectivity index (χ0v) is 21.0. The molecule has 1 spiro atoms. The minimum absolute atomic E-state index is 0.0934. The van der Waals surface area contributed by atoms with Crippen molar-refractivity contribution in [2.45, 2.75) is 88.5 Å². The van der Waals surface area contributed by atoms with Crippen molar-refractivity contribution in [2.24, 2.45) is 11.3 Å². The maximum absolute atomic E-state index is 12.6. The van der Waals surface area contributed by atoms with E-state index in [4.69, 9.17) is 33.2 Å². The van der Waals surface area contributed by atoms with Crippen LogP contribution in [-0.4, -0.2) is 60.5 Å². The van der Waals surface area contributed by atoms with Gasteiger partial charge in [0.2, 0.25) is 5.79 Å². The number of carbonyl (C=O) groups excluding carboxylic acids is 1. The zero-order chi connectivity index (χ0) is 24.8. The lowest BCUT2D eigenvalue weighted by Crippen LogP contribution is -2.79. The van der Waals surface area contributed by atoms with Gasteiger partial charge in [-0.25, -0.2) is 4.79 Å². The number of hydrogen-bond acceptors (Lipinski definition) is 9. The van der Waals surface area contributed by atoms with Crippen LogP contribution in [0.15, 0.2) is 0 Å². The lowest BCUT2D eigenvalue weighted by atomic mass is 9.45. The van der Waals surface area contributed by atoms with Gasteiger partial charge in [0, 0.05) is 42.4 Å². The Labute approximate surface area is 203 Å². The van der Waals surface area contributed by atoms with Crippen LogP contribution in [0.1, 0.15) is 67.1 Å². The number of carbonyl (C=O) groups is 1. The predicted octanol–water partition coefficient (Wildman–Crippen LogP) is 2.75. The maximum Gasteiger partial charge on any atom is 0.342 e. The summed E-state index contributed by atoms with van der Waals surface area (Å²) >= 11 is 0. The average molecular weight is 489 g/mol. The van der Waals surface area contributed by atoms with Gasteiger partial charge in [-0.2, -0.15) is 0 Å². The molecular weight excluding hydrogens is 456 g/mol. The molecule has 0 amide bonds. The molecule has 1 saturated carbocycles. The summed E-state index contributed by atoms with van der Waals surface area (Å²) in [6.45, 7) is 8.48. The molecule has 0 radical (unpaired) electrons. The van der Waals surface area contributed by atoms with Crippen molar-refractivity contribution in [2.75, 3.05) is 20.8 Å². The van der Waals surface area contributed by atoms with Crippen molar-refractivity contribution in [1.29, 1.82) is 0 Å². The second-order valence-electron chi connectivity index (χ2n) is 11.7. The van der Waals surface area contributed by atoms with Crippen LogP contribution < -0.4 is 9.47 Å². The number of cyclic esters (lactones) is 1. The van der Waals surface area contributed by atoms with Crippen molar-refractivity contribution in [1.82, 2.24) is 0 Å². The minimum atomic E-state index is -1.63. The molecule has 6 aliphatic rings. The molecule has 1 aromatic carbocycles. The topological polar surface area (TPSA) is 102 Å². The molecular formula is C26H32O9. The van der Waals surface area contributed by atoms with Crippen molar-refractivity contribution >= 4 is 5.97 Å². The summed E-state index contributed by atoms with van der Waals surface area (Å²) in [5.41, 5.74) is -0.424. The van der Waals surface area contributed by atoms with Gasteiger partial charge in [0.1, 0.15) is 34.9 Å². The first-order valence-corrected chi connectivity index (χ1v) is 12.3. The Morgan fingerprint density at radius 1 is 1.09 bits per heavy atom. The average Bonchev–Trinajstić information content (AvgIpc) is 3.37. The first kappa shape index (κ1) is 22.3. The van der Waals surface area contributed by atoms with E-state index in [1.165, 1.54) is 0 Å². The molecule has 1 N–H and O–H groups in total. The lowest BCUT2D eigenvalue weighted by molar-refractivity contribution is -0.436. The summed E-state index contributed by atoms with van der Waals surface area (Å²) in [5.74, 6) is -2.09. The maximum atomic E-state index is 12.6. The van der Waals surface area contributed by atoms with Gasteiger partial charge >= 0.3 is 5.97 Å². The van der Waals surface area contributed by atoms with Gasteiger partial charge < -0.3 is 38.3 Å². The third-order valence-corrected chi connectivity index (χ3v) is 10.1. The van der Waals surface area contributed by atoms with Crippen molar-refractivity contribution in [3.63, 3.8) is 0 Å². The first-order valence-electron chi connectivity index (χ1n) is 12.3. The fourth-order valence-electron chi connectivity index (χ4n) is 8.75. The Balaban J connectivity index is 1.45. The van der Waals surface area contributed by atoms with Crippen molar-refractivity contribution < 1.29 is 43.1 Å². The molecule has 0 aromatic heterocycles. The summed E-state index contributed by atoms with van der Waals surface area (Å²) in [4.78, 5) is 12.6. The van der Waals surface area contributed by atoms with Crippen LogP contribution in [0, 0.1) is 18.3 Å². The van der Waals surface area contributed by atoms with Gasteiger partial charge in [-0.3, -0.25) is 0 Å². The van der Waals surface area contributed by atoms with Crippen LogP contribution in [0.5, 0.6) is 11.5 Å². The summed E-state index contributed by atoms with van der Waals surface area (Å²) in [6.07, 6.45) is 1.98. The highest BCUT2D eigenvalue weighted by Crippen LogP contribution is 2.75. The smallest absolute Gasteiger partial charge is 0.342 e. The van der Waals surface area contributed by atoms with Gasteiger partial charge in [-0.1, -0.05) is 6.92 Å². The lowest BCUT2D eigenvalue weighted by Gasteiger charge is -2.66. The SMILES string of the molecule is COc1c2c(c(C)c3c1C(=O)OC3)O[C@]1(C)C[C@]3(O)OC[C@]4(C)O[C@@]5(OC)CC[C@@](C)([C@H]1C2)[C@]43O5. The number of ether oxygens (including phenoxy) is 7. The van der Waals surface area contributed by atoms with Crippen molar-refractivity contribution in [3.8, 4) is 11.5 Å². The number of hydrogen-bond donors (Lipinski definition) is 1. The number of rotatable bonds is 2. The van der Waals surface area contributed by atoms with E-state index < -0.39 is 34.0 Å². The molecule has 35 heavy (non-hydrogen) atoms. The Kier molecular flexibility index (Phi) is 3.91. The number of fused-ring (bicyclic) bond motifs is 5. The molecule has 7 atom stereocenters. The zero-order valence-electron chi connectivity index (χ0n) is 21.0. The Hall–Kier alpha value is -1.91. The van der Waals surface area contributed by atoms with Gasteiger partial charge in [-0.05, 0) is 39.2 Å². The van der Waals surface area contributed by atoms with Crippen LogP contribution in [0.25, 0.3) is 0 Å². The molecule has 9 heteroatoms. The predicted molar refractivity (Wildman–Crippen MR) is 119 cm³/mol. The van der Waals surface area contributed by atoms with E-state index in [0.29, 0.717) is 36.3 Å². The molecule has 4 fully saturated rings. The second kappa shape index (κ2) is 6.14. The summed E-state index contributed by atoms with van der Waals surface area (Å²) in [5, 5.41) is 12.2. The number of esters is 1. The fraction of sp³-hybridized carbons (Fsp3) is 0.731. The molecule has 3 saturated heterocycles. The molecule has 2 bridgehead atoms. The Bertz CT molecular complexity index is 1200. The van der Waals surface area contributed by atoms with Crippen molar-refractivity contribution in [3.05, 3.63) is 22.3 Å². The van der Waals surface area contributed by atoms with Gasteiger partial charge in [0.25, 0.3) is 5.97 Å². The van der Waals surface area contributed by atoms with E-state index >= 15 is 0 Å². The molecule has 190 valence electrons. The fourth-order valence-corrected chi connectivity index (χ4v) is 8.75. The first-order chi connectivity index (χ1) is 16.4. The summed E-state index contributed by atoms with van der Waals surface area (Å²) < 4.78 is 43.1. The van der Waals surface area contributed by atoms with Crippen LogP contribution >= 0.6 is 0 Å². The second-order valence-corrected chi connectivity index (χ2v) is 11.7. The monoisotopic (exact) mass is 488 g/mol. The number of benzene rings is 1. The number of aliphatic hydroxyl groups is 1. The normalized spacial score (nSPS) is 48.4. The molecule has 7 rings (SSSR count). The Morgan fingerprint density at radius 2 is 1.86 bits per heavy atom. The van der Waals surface area contributed by atoms with E-state index in [2.05, 4.69) is 6.92 Å². The highest BCUT2D eigenvalue weighted by atomic mass is 16.9. The van der Waals surface area contributed by atoms with E-state index in [1.54, 1.807) is 14.2 Å². The number of methoxy groups -OCH3 is 2. The quantitative estimate of drug-likeness (QED) is 0.630. The van der Waals surface area contributed by atoms with E-state index in [9.17, 15) is 9.90 Å². The van der Waals surface area contributed by atoms with E-state index in [0.717, 1.165) is 16.7 Å². The summed E-state index contributed by atoms with van der Waals surface area (Å²) in [6, 6.07) is 0. The van der Waals surface area contributed by atoms with E-state index in [1.807, 2.05) is 20.8 Å². The molecule has 5 aliphatic heterocycles. The highest BCUT2D eigenvalue weighted by molar-refractivity contribution is 5.98. The Morgan fingerprint density at radius 3 is 2.57 bits per heavy atom. The van der Waals surface area contributed by atoms with Crippen LogP contribution in [0.2, 0.25) is 0 Å². The highest BCUT2D eigenvalue weighted by Gasteiger charge is 2.89. The van der Waals surface area contributed by atoms with Gasteiger partial charge in [0.05, 0.1) is 13.7 Å².